The second-order valence-corrected chi connectivity index (χ2v) is 4.44. The average molecular weight is 258 g/mol. The van der Waals surface area contributed by atoms with Gasteiger partial charge in [0.1, 0.15) is 5.75 Å². The molecule has 0 aromatic heterocycles. The van der Waals surface area contributed by atoms with E-state index in [0.717, 1.165) is 0 Å². The average Bonchev–Trinajstić information content (AvgIpc) is 2.28. The number of rotatable bonds is 4. The second kappa shape index (κ2) is 5.89. The number of aromatic hydroxyl groups is 1. The first-order chi connectivity index (χ1) is 7.91. The lowest BCUT2D eigenvalue weighted by atomic mass is 10.2. The number of hydrogen-bond acceptors (Lipinski definition) is 3. The van der Waals surface area contributed by atoms with E-state index in [4.69, 9.17) is 16.7 Å². The number of carbonyl (C=O) groups excluding carboxylic acids is 1. The van der Waals surface area contributed by atoms with Gasteiger partial charge < -0.3 is 15.1 Å². The second-order valence-electron chi connectivity index (χ2n) is 4.03. The molecule has 1 rings (SSSR count). The van der Waals surface area contributed by atoms with E-state index in [1.54, 1.807) is 14.0 Å². The van der Waals surface area contributed by atoms with E-state index < -0.39 is 6.10 Å². The standard InChI is InChI=1S/C12H16ClNO3/c1-8(15)5-6-14(2)12(17)9-3-4-11(16)10(13)7-9/h3-4,7-8,15-16H,5-6H2,1-2H3. The molecule has 2 N–H and O–H groups in total. The first kappa shape index (κ1) is 13.8. The summed E-state index contributed by atoms with van der Waals surface area (Å²) in [4.78, 5) is 13.4. The van der Waals surface area contributed by atoms with Crippen LogP contribution in [0.1, 0.15) is 23.7 Å². The van der Waals surface area contributed by atoms with Gasteiger partial charge >= 0.3 is 0 Å². The van der Waals surface area contributed by atoms with Crippen molar-refractivity contribution in [2.75, 3.05) is 13.6 Å². The van der Waals surface area contributed by atoms with Crippen LogP contribution in [-0.4, -0.2) is 40.7 Å². The summed E-state index contributed by atoms with van der Waals surface area (Å²) in [5, 5.41) is 18.5. The highest BCUT2D eigenvalue weighted by Gasteiger charge is 2.13. The van der Waals surface area contributed by atoms with Crippen LogP contribution in [0.5, 0.6) is 5.75 Å². The molecule has 0 aliphatic carbocycles. The Kier molecular flexibility index (Phi) is 4.78. The number of halogens is 1. The van der Waals surface area contributed by atoms with E-state index in [1.807, 2.05) is 0 Å². The van der Waals surface area contributed by atoms with Gasteiger partial charge in [0.25, 0.3) is 5.91 Å². The number of aliphatic hydroxyl groups is 1. The molecule has 0 aliphatic heterocycles. The molecule has 5 heteroatoms. The van der Waals surface area contributed by atoms with Gasteiger partial charge in [0.05, 0.1) is 11.1 Å². The fraction of sp³-hybridized carbons (Fsp3) is 0.417. The quantitative estimate of drug-likeness (QED) is 0.866. The van der Waals surface area contributed by atoms with E-state index in [0.29, 0.717) is 18.5 Å². The van der Waals surface area contributed by atoms with Gasteiger partial charge in [-0.2, -0.15) is 0 Å². The number of carbonyl (C=O) groups is 1. The molecule has 0 saturated heterocycles. The molecule has 0 saturated carbocycles. The third kappa shape index (κ3) is 3.91. The van der Waals surface area contributed by atoms with Crippen molar-refractivity contribution < 1.29 is 15.0 Å². The first-order valence-corrected chi connectivity index (χ1v) is 5.71. The van der Waals surface area contributed by atoms with Gasteiger partial charge in [-0.05, 0) is 31.5 Å². The van der Waals surface area contributed by atoms with Gasteiger partial charge in [0.15, 0.2) is 0 Å². The van der Waals surface area contributed by atoms with Crippen LogP contribution in [0.2, 0.25) is 5.02 Å². The van der Waals surface area contributed by atoms with Gasteiger partial charge in [-0.15, -0.1) is 0 Å². The van der Waals surface area contributed by atoms with Gasteiger partial charge in [-0.1, -0.05) is 11.6 Å². The molecule has 94 valence electrons. The molecule has 1 atom stereocenters. The Morgan fingerprint density at radius 1 is 1.53 bits per heavy atom. The van der Waals surface area contributed by atoms with Crippen molar-refractivity contribution in [3.05, 3.63) is 28.8 Å². The fourth-order valence-corrected chi connectivity index (χ4v) is 1.52. The van der Waals surface area contributed by atoms with Crippen LogP contribution < -0.4 is 0 Å². The molecule has 0 heterocycles. The molecular formula is C12H16ClNO3. The van der Waals surface area contributed by atoms with Crippen LogP contribution >= 0.6 is 11.6 Å². The van der Waals surface area contributed by atoms with Crippen molar-refractivity contribution in [2.45, 2.75) is 19.4 Å². The summed E-state index contributed by atoms with van der Waals surface area (Å²) in [5.74, 6) is -0.234. The zero-order chi connectivity index (χ0) is 13.0. The minimum Gasteiger partial charge on any atom is -0.506 e. The number of amides is 1. The zero-order valence-corrected chi connectivity index (χ0v) is 10.6. The monoisotopic (exact) mass is 257 g/mol. The number of aliphatic hydroxyl groups excluding tert-OH is 1. The predicted octanol–water partition coefficient (Wildman–Crippen LogP) is 1.89. The summed E-state index contributed by atoms with van der Waals surface area (Å²) < 4.78 is 0. The summed E-state index contributed by atoms with van der Waals surface area (Å²) in [5.41, 5.74) is 0.417. The Labute approximate surface area is 105 Å². The lowest BCUT2D eigenvalue weighted by Crippen LogP contribution is -2.29. The first-order valence-electron chi connectivity index (χ1n) is 5.34. The maximum Gasteiger partial charge on any atom is 0.253 e. The molecular weight excluding hydrogens is 242 g/mol. The number of phenolic OH excluding ortho intramolecular Hbond substituents is 1. The molecule has 1 aromatic carbocycles. The van der Waals surface area contributed by atoms with Crippen LogP contribution in [0.4, 0.5) is 0 Å². The highest BCUT2D eigenvalue weighted by molar-refractivity contribution is 6.32. The van der Waals surface area contributed by atoms with Crippen LogP contribution in [0.15, 0.2) is 18.2 Å². The highest BCUT2D eigenvalue weighted by atomic mass is 35.5. The number of phenols is 1. The Morgan fingerprint density at radius 3 is 2.71 bits per heavy atom. The van der Waals surface area contributed by atoms with Gasteiger partial charge in [0, 0.05) is 19.2 Å². The number of hydrogen-bond donors (Lipinski definition) is 2. The Hall–Kier alpha value is -1.26. The molecule has 17 heavy (non-hydrogen) atoms. The van der Waals surface area contributed by atoms with Crippen LogP contribution in [-0.2, 0) is 0 Å². The molecule has 0 fully saturated rings. The summed E-state index contributed by atoms with van der Waals surface area (Å²) in [6.07, 6.45) is 0.0855. The van der Waals surface area contributed by atoms with Crippen molar-refractivity contribution in [3.63, 3.8) is 0 Å². The van der Waals surface area contributed by atoms with Gasteiger partial charge in [-0.3, -0.25) is 4.79 Å². The minimum atomic E-state index is -0.436. The van der Waals surface area contributed by atoms with E-state index in [2.05, 4.69) is 0 Å². The minimum absolute atomic E-state index is 0.0464. The van der Waals surface area contributed by atoms with E-state index in [1.165, 1.54) is 23.1 Å². The molecule has 1 amide bonds. The molecule has 0 bridgehead atoms. The summed E-state index contributed by atoms with van der Waals surface area (Å²) in [7, 11) is 1.66. The van der Waals surface area contributed by atoms with Crippen molar-refractivity contribution in [2.24, 2.45) is 0 Å². The molecule has 1 unspecified atom stereocenters. The van der Waals surface area contributed by atoms with E-state index in [9.17, 15) is 9.90 Å². The van der Waals surface area contributed by atoms with Gasteiger partial charge in [-0.25, -0.2) is 0 Å². The summed E-state index contributed by atoms with van der Waals surface area (Å²) in [6.45, 7) is 2.14. The van der Waals surface area contributed by atoms with Gasteiger partial charge in [0.2, 0.25) is 0 Å². The maximum atomic E-state index is 11.9. The Balaban J connectivity index is 2.71. The van der Waals surface area contributed by atoms with Crippen molar-refractivity contribution in [1.29, 1.82) is 0 Å². The van der Waals surface area contributed by atoms with Crippen LogP contribution in [0.3, 0.4) is 0 Å². The highest BCUT2D eigenvalue weighted by Crippen LogP contribution is 2.24. The van der Waals surface area contributed by atoms with Crippen molar-refractivity contribution in [1.82, 2.24) is 4.90 Å². The maximum absolute atomic E-state index is 11.9. The summed E-state index contributed by atoms with van der Waals surface area (Å²) >= 11 is 5.73. The van der Waals surface area contributed by atoms with Crippen LogP contribution in [0.25, 0.3) is 0 Å². The SMILES string of the molecule is CC(O)CCN(C)C(=O)c1ccc(O)c(Cl)c1. The topological polar surface area (TPSA) is 60.8 Å². The molecule has 1 aromatic rings. The van der Waals surface area contributed by atoms with E-state index in [-0.39, 0.29) is 16.7 Å². The third-order valence-electron chi connectivity index (χ3n) is 2.42. The zero-order valence-electron chi connectivity index (χ0n) is 9.85. The molecule has 0 radical (unpaired) electrons. The molecule has 0 spiro atoms. The van der Waals surface area contributed by atoms with Crippen molar-refractivity contribution in [3.8, 4) is 5.75 Å². The summed E-state index contributed by atoms with van der Waals surface area (Å²) in [6, 6.07) is 4.33. The largest absolute Gasteiger partial charge is 0.506 e. The smallest absolute Gasteiger partial charge is 0.253 e. The normalized spacial score (nSPS) is 12.2. The van der Waals surface area contributed by atoms with E-state index >= 15 is 0 Å². The Morgan fingerprint density at radius 2 is 2.18 bits per heavy atom. The molecule has 0 aliphatic rings. The fourth-order valence-electron chi connectivity index (χ4n) is 1.34. The lowest BCUT2D eigenvalue weighted by Gasteiger charge is -2.18. The Bertz CT molecular complexity index is 407. The van der Waals surface area contributed by atoms with Crippen LogP contribution in [0, 0.1) is 0 Å². The van der Waals surface area contributed by atoms with Crippen molar-refractivity contribution >= 4 is 17.5 Å². The number of benzene rings is 1. The number of nitrogens with zero attached hydrogens (tertiary/aromatic N) is 1. The molecule has 4 nitrogen and oxygen atoms in total. The third-order valence-corrected chi connectivity index (χ3v) is 2.73. The lowest BCUT2D eigenvalue weighted by molar-refractivity contribution is 0.0769. The predicted molar refractivity (Wildman–Crippen MR) is 66.4 cm³/mol.